The maximum atomic E-state index is 11.7. The lowest BCUT2D eigenvalue weighted by molar-refractivity contribution is 0.0877. The van der Waals surface area contributed by atoms with Crippen molar-refractivity contribution in [2.24, 2.45) is 0 Å². The van der Waals surface area contributed by atoms with Crippen molar-refractivity contribution in [1.29, 1.82) is 0 Å². The Morgan fingerprint density at radius 3 is 2.11 bits per heavy atom. The first-order valence-electron chi connectivity index (χ1n) is 11.8. The zero-order valence-corrected chi connectivity index (χ0v) is 20.0. The van der Waals surface area contributed by atoms with Gasteiger partial charge in [-0.15, -0.1) is 0 Å². The highest BCUT2D eigenvalue weighted by atomic mass is 16.5. The Morgan fingerprint density at radius 2 is 1.43 bits per heavy atom. The Hall–Kier alpha value is -3.58. The lowest BCUT2D eigenvalue weighted by atomic mass is 9.71. The number of hydrogen-bond acceptors (Lipinski definition) is 7. The standard InChI is InChI=1S/C28H28O7/c1-32-20-11-19(29)15-5-4-13-8-21-26(17-7-6-16(20)25(15)24(13)17)27(30)18(12-35-21)14-9-22(33-2)28(31)23(10-14)34-3/h8-11,18,27,29-31H,4-7,12H2,1-3H3. The Kier molecular flexibility index (Phi) is 5.00. The molecule has 182 valence electrons. The zero-order valence-electron chi connectivity index (χ0n) is 20.0. The van der Waals surface area contributed by atoms with Crippen LogP contribution in [0.15, 0.2) is 24.3 Å². The van der Waals surface area contributed by atoms with Crippen molar-refractivity contribution in [3.63, 3.8) is 0 Å². The molecular formula is C28H28O7. The summed E-state index contributed by atoms with van der Waals surface area (Å²) in [5.74, 6) is 1.80. The van der Waals surface area contributed by atoms with Gasteiger partial charge in [0.2, 0.25) is 5.75 Å². The average molecular weight is 477 g/mol. The maximum absolute atomic E-state index is 11.7. The number of ether oxygens (including phenoxy) is 4. The SMILES string of the molecule is COc1cc(C2COc3cc4c5c(c3C2O)CCc2c(OC)cc(O)c(c2-5)CC4)cc(OC)c1O. The van der Waals surface area contributed by atoms with Gasteiger partial charge in [0, 0.05) is 28.7 Å². The van der Waals surface area contributed by atoms with E-state index < -0.39 is 6.10 Å². The second-order valence-electron chi connectivity index (χ2n) is 9.37. The van der Waals surface area contributed by atoms with Crippen LogP contribution in [0.3, 0.4) is 0 Å². The normalized spacial score (nSPS) is 19.3. The van der Waals surface area contributed by atoms with Crippen LogP contribution >= 0.6 is 0 Å². The van der Waals surface area contributed by atoms with Crippen LogP contribution in [0.4, 0.5) is 0 Å². The van der Waals surface area contributed by atoms with Crippen LogP contribution in [-0.2, 0) is 25.7 Å². The van der Waals surface area contributed by atoms with Crippen LogP contribution in [0.25, 0.3) is 11.1 Å². The summed E-state index contributed by atoms with van der Waals surface area (Å²) in [5.41, 5.74) is 8.03. The van der Waals surface area contributed by atoms with Gasteiger partial charge in [0.05, 0.1) is 34.0 Å². The second-order valence-corrected chi connectivity index (χ2v) is 9.37. The number of phenols is 2. The first kappa shape index (κ1) is 21.9. The van der Waals surface area contributed by atoms with Crippen molar-refractivity contribution in [2.75, 3.05) is 27.9 Å². The van der Waals surface area contributed by atoms with Crippen LogP contribution in [0.1, 0.15) is 45.4 Å². The summed E-state index contributed by atoms with van der Waals surface area (Å²) in [7, 11) is 4.60. The molecule has 7 nitrogen and oxygen atoms in total. The summed E-state index contributed by atoms with van der Waals surface area (Å²) in [5, 5.41) is 32.8. The highest BCUT2D eigenvalue weighted by Gasteiger charge is 2.39. The second kappa shape index (κ2) is 7.99. The summed E-state index contributed by atoms with van der Waals surface area (Å²) < 4.78 is 22.5. The Balaban J connectivity index is 1.52. The van der Waals surface area contributed by atoms with Crippen molar-refractivity contribution in [3.05, 3.63) is 57.6 Å². The van der Waals surface area contributed by atoms with E-state index in [1.54, 1.807) is 25.3 Å². The number of benzene rings is 3. The number of aliphatic hydroxyl groups excluding tert-OH is 1. The van der Waals surface area contributed by atoms with E-state index in [4.69, 9.17) is 18.9 Å². The molecular weight excluding hydrogens is 448 g/mol. The first-order chi connectivity index (χ1) is 17.0. The lowest BCUT2D eigenvalue weighted by Crippen LogP contribution is -2.28. The van der Waals surface area contributed by atoms with E-state index in [-0.39, 0.29) is 28.9 Å². The summed E-state index contributed by atoms with van der Waals surface area (Å²) in [6.45, 7) is 0.292. The van der Waals surface area contributed by atoms with Crippen molar-refractivity contribution in [1.82, 2.24) is 0 Å². The first-order valence-corrected chi connectivity index (χ1v) is 11.8. The molecule has 2 aliphatic carbocycles. The molecule has 0 radical (unpaired) electrons. The van der Waals surface area contributed by atoms with E-state index in [1.807, 2.05) is 0 Å². The predicted octanol–water partition coefficient (Wildman–Crippen LogP) is 4.20. The molecule has 0 aromatic heterocycles. The van der Waals surface area contributed by atoms with Crippen LogP contribution in [0, 0.1) is 0 Å². The Labute approximate surface area is 203 Å². The van der Waals surface area contributed by atoms with Gasteiger partial charge >= 0.3 is 0 Å². The summed E-state index contributed by atoms with van der Waals surface area (Å²) in [4.78, 5) is 0. The fourth-order valence-corrected chi connectivity index (χ4v) is 6.10. The maximum Gasteiger partial charge on any atom is 0.200 e. The summed E-state index contributed by atoms with van der Waals surface area (Å²) in [6, 6.07) is 7.23. The third kappa shape index (κ3) is 3.07. The fraction of sp³-hybridized carbons (Fsp3) is 0.357. The molecule has 0 saturated carbocycles. The topological polar surface area (TPSA) is 97.6 Å². The van der Waals surface area contributed by atoms with Gasteiger partial charge < -0.3 is 34.3 Å². The van der Waals surface area contributed by atoms with Gasteiger partial charge in [-0.3, -0.25) is 0 Å². The van der Waals surface area contributed by atoms with Gasteiger partial charge in [-0.2, -0.15) is 0 Å². The van der Waals surface area contributed by atoms with E-state index in [9.17, 15) is 15.3 Å². The van der Waals surface area contributed by atoms with Gasteiger partial charge in [-0.1, -0.05) is 0 Å². The van der Waals surface area contributed by atoms with Crippen molar-refractivity contribution in [3.8, 4) is 45.6 Å². The van der Waals surface area contributed by atoms with Crippen molar-refractivity contribution < 1.29 is 34.3 Å². The molecule has 3 N–H and O–H groups in total. The molecule has 0 amide bonds. The summed E-state index contributed by atoms with van der Waals surface area (Å²) in [6.07, 6.45) is 2.24. The van der Waals surface area contributed by atoms with E-state index >= 15 is 0 Å². The van der Waals surface area contributed by atoms with E-state index in [0.717, 1.165) is 70.4 Å². The molecule has 3 aliphatic rings. The van der Waals surface area contributed by atoms with Gasteiger partial charge in [-0.05, 0) is 71.7 Å². The molecule has 1 aliphatic heterocycles. The zero-order chi connectivity index (χ0) is 24.4. The number of aliphatic hydroxyl groups is 1. The molecule has 0 spiro atoms. The minimum atomic E-state index is -0.816. The number of methoxy groups -OCH3 is 3. The van der Waals surface area contributed by atoms with Crippen LogP contribution in [0.5, 0.6) is 34.5 Å². The lowest BCUT2D eigenvalue weighted by Gasteiger charge is -2.38. The molecule has 3 aromatic rings. The molecule has 0 fully saturated rings. The molecule has 35 heavy (non-hydrogen) atoms. The minimum absolute atomic E-state index is 0.0765. The molecule has 0 saturated heterocycles. The van der Waals surface area contributed by atoms with Crippen LogP contribution < -0.4 is 18.9 Å². The number of fused-ring (bicyclic) bond motifs is 2. The quantitative estimate of drug-likeness (QED) is 0.519. The largest absolute Gasteiger partial charge is 0.508 e. The van der Waals surface area contributed by atoms with Gasteiger partial charge in [-0.25, -0.2) is 0 Å². The predicted molar refractivity (Wildman–Crippen MR) is 129 cm³/mol. The average Bonchev–Trinajstić information content (AvgIpc) is 2.88. The van der Waals surface area contributed by atoms with E-state index in [1.165, 1.54) is 19.8 Å². The Morgan fingerprint density at radius 1 is 0.771 bits per heavy atom. The van der Waals surface area contributed by atoms with Gasteiger partial charge in [0.1, 0.15) is 17.2 Å². The number of aromatic hydroxyl groups is 2. The van der Waals surface area contributed by atoms with Crippen molar-refractivity contribution in [2.45, 2.75) is 37.7 Å². The fourth-order valence-electron chi connectivity index (χ4n) is 6.10. The number of rotatable bonds is 4. The summed E-state index contributed by atoms with van der Waals surface area (Å²) >= 11 is 0. The minimum Gasteiger partial charge on any atom is -0.508 e. The third-order valence-corrected chi connectivity index (χ3v) is 7.76. The van der Waals surface area contributed by atoms with E-state index in [2.05, 4.69) is 6.07 Å². The molecule has 3 aromatic carbocycles. The molecule has 6 rings (SSSR count). The van der Waals surface area contributed by atoms with E-state index in [0.29, 0.717) is 12.4 Å². The smallest absolute Gasteiger partial charge is 0.200 e. The molecule has 0 bridgehead atoms. The van der Waals surface area contributed by atoms with Gasteiger partial charge in [0.25, 0.3) is 0 Å². The molecule has 7 heteroatoms. The molecule has 1 heterocycles. The van der Waals surface area contributed by atoms with Crippen LogP contribution in [-0.4, -0.2) is 43.3 Å². The number of aryl methyl sites for hydroxylation is 1. The van der Waals surface area contributed by atoms with Crippen LogP contribution in [0.2, 0.25) is 0 Å². The highest BCUT2D eigenvalue weighted by molar-refractivity contribution is 5.86. The number of hydrogen-bond donors (Lipinski definition) is 3. The monoisotopic (exact) mass is 476 g/mol. The highest BCUT2D eigenvalue weighted by Crippen LogP contribution is 2.54. The third-order valence-electron chi connectivity index (χ3n) is 7.76. The molecule has 2 atom stereocenters. The van der Waals surface area contributed by atoms with Gasteiger partial charge in [0.15, 0.2) is 11.5 Å². The van der Waals surface area contributed by atoms with Crippen molar-refractivity contribution >= 4 is 0 Å². The molecule has 2 unspecified atom stereocenters. The number of phenolic OH excluding ortho intramolecular Hbond substituents is 2. The Bertz CT molecular complexity index is 1340.